The number of rotatable bonds is 9. The number of carboxylic acid groups (broad SMARTS) is 1. The minimum absolute atomic E-state index is 0.00460. The third kappa shape index (κ3) is 5.37. The molecule has 0 amide bonds. The molecule has 0 aromatic carbocycles. The Labute approximate surface area is 304 Å². The number of carboxylic acids is 1. The Morgan fingerprint density at radius 1 is 0.750 bits per heavy atom. The first-order chi connectivity index (χ1) is 24.4. The second-order valence-corrected chi connectivity index (χ2v) is 19.4. The van der Waals surface area contributed by atoms with Crippen molar-refractivity contribution in [1.29, 1.82) is 0 Å². The molecule has 0 aromatic heterocycles. The zero-order chi connectivity index (χ0) is 37.3. The van der Waals surface area contributed by atoms with Gasteiger partial charge < -0.3 is 28.8 Å². The van der Waals surface area contributed by atoms with E-state index < -0.39 is 70.6 Å². The van der Waals surface area contributed by atoms with E-state index in [0.717, 1.165) is 6.42 Å². The van der Waals surface area contributed by atoms with Crippen molar-refractivity contribution in [2.24, 2.45) is 100 Å². The Kier molecular flexibility index (Phi) is 8.48. The third-order valence-electron chi connectivity index (χ3n) is 15.4. The molecule has 12 nitrogen and oxygen atoms in total. The third-order valence-corrected chi connectivity index (χ3v) is 15.4. The van der Waals surface area contributed by atoms with E-state index in [1.54, 1.807) is 21.0 Å². The SMILES string of the molecule is COC1C2CC(C1OC(=O)C(C)(C)CC1C(=O)OC(=O)C1C1C3CC(CC3C(=O)OC(C)(C)C)C1C1C(C)C3CC(C(=O)O)C1C3)C1C(=O)OCC21. The topological polar surface area (TPSA) is 169 Å². The zero-order valence-electron chi connectivity index (χ0n) is 31.3. The summed E-state index contributed by atoms with van der Waals surface area (Å²) in [6, 6.07) is 0. The van der Waals surface area contributed by atoms with Crippen molar-refractivity contribution in [2.75, 3.05) is 13.7 Å². The highest BCUT2D eigenvalue weighted by Crippen LogP contribution is 2.69. The van der Waals surface area contributed by atoms with Crippen molar-refractivity contribution < 1.29 is 57.6 Å². The Morgan fingerprint density at radius 3 is 2.08 bits per heavy atom. The van der Waals surface area contributed by atoms with Crippen molar-refractivity contribution in [1.82, 2.24) is 0 Å². The minimum Gasteiger partial charge on any atom is -0.481 e. The van der Waals surface area contributed by atoms with E-state index in [2.05, 4.69) is 6.92 Å². The lowest BCUT2D eigenvalue weighted by atomic mass is 9.56. The van der Waals surface area contributed by atoms with Gasteiger partial charge in [0.05, 0.1) is 47.7 Å². The molecule has 8 aliphatic rings. The van der Waals surface area contributed by atoms with E-state index in [1.165, 1.54) is 0 Å². The molecule has 2 aliphatic heterocycles. The average molecular weight is 727 g/mol. The molecule has 6 aliphatic carbocycles. The van der Waals surface area contributed by atoms with E-state index in [1.807, 2.05) is 20.8 Å². The monoisotopic (exact) mass is 726 g/mol. The molecular weight excluding hydrogens is 672 g/mol. The van der Waals surface area contributed by atoms with Gasteiger partial charge in [-0.05, 0) is 126 Å². The molecule has 8 fully saturated rings. The van der Waals surface area contributed by atoms with E-state index in [-0.39, 0.29) is 89.6 Å². The fraction of sp³-hybridized carbons (Fsp3) is 0.850. The predicted molar refractivity (Wildman–Crippen MR) is 179 cm³/mol. The number of carbonyl (C=O) groups is 6. The highest BCUT2D eigenvalue weighted by atomic mass is 16.6. The number of fused-ring (bicyclic) bond motifs is 9. The number of hydrogen-bond acceptors (Lipinski definition) is 11. The maximum atomic E-state index is 14.1. The Balaban J connectivity index is 1.08. The molecule has 0 spiro atoms. The molecule has 18 unspecified atom stereocenters. The van der Waals surface area contributed by atoms with Gasteiger partial charge in [-0.2, -0.15) is 0 Å². The summed E-state index contributed by atoms with van der Waals surface area (Å²) in [7, 11) is 1.58. The first-order valence-electron chi connectivity index (χ1n) is 19.5. The lowest BCUT2D eigenvalue weighted by molar-refractivity contribution is -0.177. The molecule has 2 saturated heterocycles. The quantitative estimate of drug-likeness (QED) is 0.203. The molecule has 0 radical (unpaired) electrons. The summed E-state index contributed by atoms with van der Waals surface area (Å²) >= 11 is 0. The molecule has 0 aromatic rings. The normalized spacial score (nSPS) is 47.2. The van der Waals surface area contributed by atoms with Crippen LogP contribution in [0.4, 0.5) is 0 Å². The standard InChI is InChI=1S/C40H54O12/c1-15-16-8-18(21(9-16)33(41)42)26(15)27-17-10-19(22(11-17)35(44)52-39(2,3)4)29(27)30-24(34(43)51-37(30)46)13-40(5,6)38(47)50-32-23-12-20(31(32)48-7)25-14-49-36(45)28(23)25/h15-32H,8-14H2,1-7H3,(H,41,42). The smallest absolute Gasteiger partial charge is 0.317 e. The van der Waals surface area contributed by atoms with Crippen molar-refractivity contribution >= 4 is 35.8 Å². The fourth-order valence-electron chi connectivity index (χ4n) is 13.6. The molecule has 6 saturated carbocycles. The maximum Gasteiger partial charge on any atom is 0.317 e. The summed E-state index contributed by atoms with van der Waals surface area (Å²) in [6.07, 6.45) is 2.49. The van der Waals surface area contributed by atoms with Crippen molar-refractivity contribution in [3.8, 4) is 0 Å². The van der Waals surface area contributed by atoms with Crippen LogP contribution < -0.4 is 0 Å². The summed E-state index contributed by atoms with van der Waals surface area (Å²) in [4.78, 5) is 80.5. The van der Waals surface area contributed by atoms with Crippen LogP contribution in [0, 0.1) is 100 Å². The molecule has 1 N–H and O–H groups in total. The molecule has 6 bridgehead atoms. The number of esters is 5. The Hall–Kier alpha value is -3.02. The van der Waals surface area contributed by atoms with Gasteiger partial charge in [0.2, 0.25) is 0 Å². The average Bonchev–Trinajstić information content (AvgIpc) is 3.91. The number of methoxy groups -OCH3 is 1. The van der Waals surface area contributed by atoms with Gasteiger partial charge in [-0.15, -0.1) is 0 Å². The van der Waals surface area contributed by atoms with Gasteiger partial charge >= 0.3 is 35.8 Å². The van der Waals surface area contributed by atoms with Crippen LogP contribution >= 0.6 is 0 Å². The zero-order valence-corrected chi connectivity index (χ0v) is 31.3. The van der Waals surface area contributed by atoms with Gasteiger partial charge in [0.25, 0.3) is 0 Å². The fourth-order valence-corrected chi connectivity index (χ4v) is 13.6. The molecule has 8 rings (SSSR count). The van der Waals surface area contributed by atoms with Crippen LogP contribution in [0.3, 0.4) is 0 Å². The van der Waals surface area contributed by atoms with Crippen LogP contribution in [0.5, 0.6) is 0 Å². The molecule has 286 valence electrons. The van der Waals surface area contributed by atoms with Crippen LogP contribution in [0.2, 0.25) is 0 Å². The second kappa shape index (κ2) is 12.2. The minimum atomic E-state index is -1.21. The highest BCUT2D eigenvalue weighted by molar-refractivity contribution is 5.97. The van der Waals surface area contributed by atoms with E-state index in [0.29, 0.717) is 32.3 Å². The van der Waals surface area contributed by atoms with Gasteiger partial charge in [-0.1, -0.05) is 6.92 Å². The van der Waals surface area contributed by atoms with Crippen molar-refractivity contribution in [2.45, 2.75) is 97.9 Å². The number of aliphatic carboxylic acids is 1. The largest absolute Gasteiger partial charge is 0.481 e. The molecule has 2 heterocycles. The number of cyclic esters (lactones) is 3. The van der Waals surface area contributed by atoms with Gasteiger partial charge in [0, 0.05) is 18.9 Å². The molecule has 18 atom stereocenters. The molecule has 12 heteroatoms. The number of carbonyl (C=O) groups excluding carboxylic acids is 5. The molecule has 52 heavy (non-hydrogen) atoms. The van der Waals surface area contributed by atoms with Gasteiger partial charge in [0.15, 0.2) is 0 Å². The first-order valence-corrected chi connectivity index (χ1v) is 19.5. The summed E-state index contributed by atoms with van der Waals surface area (Å²) in [5, 5.41) is 10.2. The Bertz CT molecular complexity index is 1560. The summed E-state index contributed by atoms with van der Waals surface area (Å²) in [5.41, 5.74) is -1.91. The van der Waals surface area contributed by atoms with Gasteiger partial charge in [-0.3, -0.25) is 28.8 Å². The summed E-state index contributed by atoms with van der Waals surface area (Å²) < 4.78 is 28.7. The number of hydrogen-bond donors (Lipinski definition) is 1. The first kappa shape index (κ1) is 36.0. The lowest BCUT2D eigenvalue weighted by Crippen LogP contribution is -2.49. The lowest BCUT2D eigenvalue weighted by Gasteiger charge is -2.46. The van der Waals surface area contributed by atoms with Crippen molar-refractivity contribution in [3.05, 3.63) is 0 Å². The second-order valence-electron chi connectivity index (χ2n) is 19.4. The number of ether oxygens (including phenoxy) is 5. The van der Waals surface area contributed by atoms with Crippen LogP contribution in [0.1, 0.15) is 80.1 Å². The molecular formula is C40H54O12. The summed E-state index contributed by atoms with van der Waals surface area (Å²) in [6.45, 7) is 11.5. The van der Waals surface area contributed by atoms with Gasteiger partial charge in [0.1, 0.15) is 11.7 Å². The summed E-state index contributed by atoms with van der Waals surface area (Å²) in [5.74, 6) is -6.47. The van der Waals surface area contributed by atoms with Crippen molar-refractivity contribution in [3.63, 3.8) is 0 Å². The van der Waals surface area contributed by atoms with E-state index in [4.69, 9.17) is 23.7 Å². The van der Waals surface area contributed by atoms with E-state index >= 15 is 0 Å². The van der Waals surface area contributed by atoms with Crippen LogP contribution in [0.25, 0.3) is 0 Å². The Morgan fingerprint density at radius 2 is 1.42 bits per heavy atom. The van der Waals surface area contributed by atoms with Crippen LogP contribution in [0.15, 0.2) is 0 Å². The maximum absolute atomic E-state index is 14.1. The predicted octanol–water partition coefficient (Wildman–Crippen LogP) is 4.31. The van der Waals surface area contributed by atoms with Gasteiger partial charge in [-0.25, -0.2) is 0 Å². The van der Waals surface area contributed by atoms with Crippen LogP contribution in [-0.2, 0) is 52.5 Å². The van der Waals surface area contributed by atoms with Crippen LogP contribution in [-0.4, -0.2) is 72.4 Å². The van der Waals surface area contributed by atoms with E-state index in [9.17, 15) is 33.9 Å². The highest BCUT2D eigenvalue weighted by Gasteiger charge is 2.69.